The Labute approximate surface area is 133 Å². The number of hydrogen-bond donors (Lipinski definition) is 1. The van der Waals surface area contributed by atoms with Crippen molar-refractivity contribution in [3.63, 3.8) is 0 Å². The van der Waals surface area contributed by atoms with E-state index in [1.165, 1.54) is 0 Å². The van der Waals surface area contributed by atoms with Gasteiger partial charge >= 0.3 is 0 Å². The maximum absolute atomic E-state index is 11.8. The highest BCUT2D eigenvalue weighted by molar-refractivity contribution is 5.89. The molecule has 1 saturated heterocycles. The lowest BCUT2D eigenvalue weighted by atomic mass is 10.0. The Balaban J connectivity index is 1.92. The second kappa shape index (κ2) is 7.58. The molecule has 1 aromatic heterocycles. The molecule has 2 heterocycles. The number of pyridine rings is 1. The zero-order chi connectivity index (χ0) is 16.1. The summed E-state index contributed by atoms with van der Waals surface area (Å²) in [7, 11) is 2.14. The van der Waals surface area contributed by atoms with E-state index in [1.807, 2.05) is 26.0 Å². The number of nitrogens with one attached hydrogen (secondary N) is 1. The van der Waals surface area contributed by atoms with Gasteiger partial charge in [0.05, 0.1) is 0 Å². The van der Waals surface area contributed by atoms with E-state index in [0.717, 1.165) is 19.4 Å². The van der Waals surface area contributed by atoms with Crippen LogP contribution in [0.1, 0.15) is 40.0 Å². The van der Waals surface area contributed by atoms with Gasteiger partial charge in [-0.05, 0) is 38.8 Å². The first-order chi connectivity index (χ1) is 10.4. The quantitative estimate of drug-likeness (QED) is 0.909. The molecule has 122 valence electrons. The number of carbonyl (C=O) groups excluding carboxylic acids is 1. The summed E-state index contributed by atoms with van der Waals surface area (Å²) < 4.78 is 5.99. The maximum atomic E-state index is 11.8. The fourth-order valence-electron chi connectivity index (χ4n) is 2.64. The molecular weight excluding hydrogens is 278 g/mol. The molecule has 0 spiro atoms. The Kier molecular flexibility index (Phi) is 5.77. The van der Waals surface area contributed by atoms with Crippen molar-refractivity contribution in [2.75, 3.05) is 18.9 Å². The van der Waals surface area contributed by atoms with Crippen molar-refractivity contribution in [1.29, 1.82) is 0 Å². The van der Waals surface area contributed by atoms with Gasteiger partial charge in [-0.2, -0.15) is 4.98 Å². The summed E-state index contributed by atoms with van der Waals surface area (Å²) in [6, 6.07) is 6.03. The van der Waals surface area contributed by atoms with E-state index in [2.05, 4.69) is 29.2 Å². The van der Waals surface area contributed by atoms with Gasteiger partial charge in [0.25, 0.3) is 0 Å². The number of anilines is 1. The van der Waals surface area contributed by atoms with Gasteiger partial charge in [0.15, 0.2) is 0 Å². The number of carbonyl (C=O) groups is 1. The number of nitrogens with zero attached hydrogens (tertiary/aromatic N) is 2. The van der Waals surface area contributed by atoms with E-state index in [9.17, 15) is 4.79 Å². The highest BCUT2D eigenvalue weighted by Gasteiger charge is 2.24. The molecule has 0 saturated carbocycles. The molecule has 5 heteroatoms. The minimum absolute atomic E-state index is 0.00689. The molecule has 1 N–H and O–H groups in total. The highest BCUT2D eigenvalue weighted by Crippen LogP contribution is 2.21. The zero-order valence-electron chi connectivity index (χ0n) is 14.0. The second-order valence-corrected chi connectivity index (χ2v) is 6.60. The fraction of sp³-hybridized carbons (Fsp3) is 0.647. The minimum atomic E-state index is -0.00689. The van der Waals surface area contributed by atoms with Gasteiger partial charge in [-0.25, -0.2) is 0 Å². The van der Waals surface area contributed by atoms with Crippen LogP contribution in [0.3, 0.4) is 0 Å². The Morgan fingerprint density at radius 2 is 2.27 bits per heavy atom. The molecule has 0 bridgehead atoms. The van der Waals surface area contributed by atoms with E-state index >= 15 is 0 Å². The van der Waals surface area contributed by atoms with E-state index in [4.69, 9.17) is 4.74 Å². The van der Waals surface area contributed by atoms with E-state index in [-0.39, 0.29) is 12.0 Å². The lowest BCUT2D eigenvalue weighted by molar-refractivity contribution is -0.116. The molecule has 0 radical (unpaired) electrons. The van der Waals surface area contributed by atoms with Crippen LogP contribution in [-0.4, -0.2) is 41.5 Å². The van der Waals surface area contributed by atoms with Gasteiger partial charge in [-0.15, -0.1) is 0 Å². The Bertz CT molecular complexity index is 504. The van der Waals surface area contributed by atoms with E-state index in [1.54, 1.807) is 6.07 Å². The van der Waals surface area contributed by atoms with Crippen LogP contribution in [0.2, 0.25) is 0 Å². The predicted octanol–water partition coefficient (Wildman–Crippen LogP) is 2.93. The molecule has 1 fully saturated rings. The van der Waals surface area contributed by atoms with Crippen molar-refractivity contribution in [2.24, 2.45) is 5.92 Å². The van der Waals surface area contributed by atoms with Crippen LogP contribution >= 0.6 is 0 Å². The maximum Gasteiger partial charge on any atom is 0.225 e. The molecule has 1 aliphatic rings. The summed E-state index contributed by atoms with van der Waals surface area (Å²) in [6.45, 7) is 7.30. The molecule has 0 aliphatic carbocycles. The molecule has 2 rings (SSSR count). The van der Waals surface area contributed by atoms with Crippen LogP contribution in [0.25, 0.3) is 0 Å². The third-order valence-corrected chi connectivity index (χ3v) is 4.03. The molecule has 1 aromatic rings. The average molecular weight is 305 g/mol. The summed E-state index contributed by atoms with van der Waals surface area (Å²) in [5.41, 5.74) is 0. The Morgan fingerprint density at radius 1 is 1.50 bits per heavy atom. The Morgan fingerprint density at radius 3 is 2.95 bits per heavy atom. The van der Waals surface area contributed by atoms with Crippen molar-refractivity contribution in [2.45, 2.75) is 52.2 Å². The fourth-order valence-corrected chi connectivity index (χ4v) is 2.64. The number of piperidine rings is 1. The van der Waals surface area contributed by atoms with Gasteiger partial charge in [-0.1, -0.05) is 19.9 Å². The van der Waals surface area contributed by atoms with Crippen molar-refractivity contribution < 1.29 is 9.53 Å². The lowest BCUT2D eigenvalue weighted by Gasteiger charge is -2.34. The van der Waals surface area contributed by atoms with Crippen LogP contribution in [0.15, 0.2) is 18.2 Å². The molecule has 2 atom stereocenters. The van der Waals surface area contributed by atoms with Gasteiger partial charge in [0, 0.05) is 25.1 Å². The number of ether oxygens (including phenoxy) is 1. The van der Waals surface area contributed by atoms with Crippen LogP contribution in [0, 0.1) is 5.92 Å². The normalized spacial score (nSPS) is 22.6. The molecule has 5 nitrogen and oxygen atoms in total. The van der Waals surface area contributed by atoms with Gasteiger partial charge in [-0.3, -0.25) is 4.79 Å². The Hall–Kier alpha value is -1.62. The number of aromatic nitrogens is 1. The van der Waals surface area contributed by atoms with Crippen molar-refractivity contribution in [1.82, 2.24) is 9.88 Å². The SMILES string of the molecule is CC(C)CC(=O)Nc1cccc(OC2CCN(C)[C@H](C)C2)n1. The summed E-state index contributed by atoms with van der Waals surface area (Å²) in [4.78, 5) is 18.5. The summed E-state index contributed by atoms with van der Waals surface area (Å²) in [6.07, 6.45) is 2.70. The van der Waals surface area contributed by atoms with Crippen LogP contribution < -0.4 is 10.1 Å². The van der Waals surface area contributed by atoms with Gasteiger partial charge in [0.1, 0.15) is 11.9 Å². The third kappa shape index (κ3) is 4.98. The number of likely N-dealkylation sites (tertiary alicyclic amines) is 1. The van der Waals surface area contributed by atoms with Crippen LogP contribution in [-0.2, 0) is 4.79 Å². The van der Waals surface area contributed by atoms with Crippen molar-refractivity contribution in [3.8, 4) is 5.88 Å². The van der Waals surface area contributed by atoms with Crippen molar-refractivity contribution >= 4 is 11.7 Å². The molecule has 1 amide bonds. The van der Waals surface area contributed by atoms with Gasteiger partial charge in [0.2, 0.25) is 11.8 Å². The monoisotopic (exact) mass is 305 g/mol. The average Bonchev–Trinajstić information content (AvgIpc) is 2.42. The standard InChI is InChI=1S/C17H27N3O2/c1-12(2)10-16(21)18-15-6-5-7-17(19-15)22-14-8-9-20(4)13(3)11-14/h5-7,12-14H,8-11H2,1-4H3,(H,18,19,21)/t13-,14?/m1/s1. The largest absolute Gasteiger partial charge is 0.474 e. The van der Waals surface area contributed by atoms with E-state index < -0.39 is 0 Å². The molecule has 1 aliphatic heterocycles. The molecule has 0 aromatic carbocycles. The summed E-state index contributed by atoms with van der Waals surface area (Å²) in [5, 5.41) is 2.83. The topological polar surface area (TPSA) is 54.5 Å². The first-order valence-corrected chi connectivity index (χ1v) is 8.08. The second-order valence-electron chi connectivity index (χ2n) is 6.60. The minimum Gasteiger partial charge on any atom is -0.474 e. The zero-order valence-corrected chi connectivity index (χ0v) is 14.0. The first-order valence-electron chi connectivity index (χ1n) is 8.08. The third-order valence-electron chi connectivity index (χ3n) is 4.03. The van der Waals surface area contributed by atoms with Crippen LogP contribution in [0.5, 0.6) is 5.88 Å². The lowest BCUT2D eigenvalue weighted by Crippen LogP contribution is -2.42. The summed E-state index contributed by atoms with van der Waals surface area (Å²) in [5.74, 6) is 1.47. The predicted molar refractivity (Wildman–Crippen MR) is 88.1 cm³/mol. The number of hydrogen-bond acceptors (Lipinski definition) is 4. The highest BCUT2D eigenvalue weighted by atomic mass is 16.5. The first kappa shape index (κ1) is 16.7. The smallest absolute Gasteiger partial charge is 0.225 e. The van der Waals surface area contributed by atoms with E-state index in [0.29, 0.717) is 30.1 Å². The molecular formula is C17H27N3O2. The summed E-state index contributed by atoms with van der Waals surface area (Å²) >= 11 is 0. The number of amides is 1. The van der Waals surface area contributed by atoms with Crippen molar-refractivity contribution in [3.05, 3.63) is 18.2 Å². The van der Waals surface area contributed by atoms with Gasteiger partial charge < -0.3 is 15.0 Å². The molecule has 1 unspecified atom stereocenters. The number of rotatable bonds is 5. The molecule has 22 heavy (non-hydrogen) atoms. The van der Waals surface area contributed by atoms with Crippen LogP contribution in [0.4, 0.5) is 5.82 Å².